The van der Waals surface area contributed by atoms with Crippen molar-refractivity contribution in [1.82, 2.24) is 0 Å². The van der Waals surface area contributed by atoms with E-state index >= 15 is 0 Å². The molecular formula is C7H8N4O2. The fourth-order valence-electron chi connectivity index (χ4n) is 1.04. The Kier molecular flexibility index (Phi) is 2.19. The van der Waals surface area contributed by atoms with E-state index in [-0.39, 0.29) is 23.6 Å². The molecule has 13 heavy (non-hydrogen) atoms. The van der Waals surface area contributed by atoms with E-state index in [0.29, 0.717) is 0 Å². The quantitative estimate of drug-likeness (QED) is 0.500. The monoisotopic (exact) mass is 180 g/mol. The zero-order valence-corrected chi connectivity index (χ0v) is 6.69. The molecular weight excluding hydrogens is 172 g/mol. The zero-order valence-electron chi connectivity index (χ0n) is 6.69. The number of hydrogen-bond donors (Lipinski definition) is 3. The van der Waals surface area contributed by atoms with E-state index in [1.165, 1.54) is 0 Å². The lowest BCUT2D eigenvalue weighted by Crippen LogP contribution is -2.19. The number of aliphatic hydroxyl groups excluding tert-OH is 1. The number of carbonyl (C=O) groups is 1. The largest absolute Gasteiger partial charge is 0.508 e. The van der Waals surface area contributed by atoms with E-state index in [4.69, 9.17) is 16.7 Å². The van der Waals surface area contributed by atoms with Crippen LogP contribution in [0.1, 0.15) is 6.42 Å². The van der Waals surface area contributed by atoms with Gasteiger partial charge in [-0.3, -0.25) is 9.79 Å². The van der Waals surface area contributed by atoms with Crippen molar-refractivity contribution < 1.29 is 9.90 Å². The van der Waals surface area contributed by atoms with E-state index in [0.717, 1.165) is 0 Å². The highest BCUT2D eigenvalue weighted by Gasteiger charge is 2.27. The van der Waals surface area contributed by atoms with E-state index in [1.807, 2.05) is 0 Å². The molecule has 0 fully saturated rings. The summed E-state index contributed by atoms with van der Waals surface area (Å²) in [5.74, 6) is -0.933. The standard InChI is InChI=1S/C7H8N4O2/c8-2-3-6(13)4(1-5(9)12)11-7(3)10/h4,13H,1H2,(H2,9,12)(H2,10,11)/t4-/m1/s1. The number of aliphatic imine (C=N–C) groups is 1. The molecule has 6 nitrogen and oxygen atoms in total. The molecule has 1 heterocycles. The van der Waals surface area contributed by atoms with Gasteiger partial charge in [0.1, 0.15) is 29.3 Å². The van der Waals surface area contributed by atoms with Crippen molar-refractivity contribution in [3.63, 3.8) is 0 Å². The van der Waals surface area contributed by atoms with Crippen molar-refractivity contribution in [3.05, 3.63) is 11.3 Å². The van der Waals surface area contributed by atoms with Gasteiger partial charge in [-0.2, -0.15) is 5.26 Å². The molecule has 0 saturated carbocycles. The fourth-order valence-corrected chi connectivity index (χ4v) is 1.04. The number of nitrogens with zero attached hydrogens (tertiary/aromatic N) is 2. The van der Waals surface area contributed by atoms with E-state index in [9.17, 15) is 9.90 Å². The van der Waals surface area contributed by atoms with Gasteiger partial charge in [-0.1, -0.05) is 0 Å². The summed E-state index contributed by atoms with van der Waals surface area (Å²) in [6.45, 7) is 0. The van der Waals surface area contributed by atoms with Crippen LogP contribution in [0, 0.1) is 11.3 Å². The molecule has 1 aliphatic heterocycles. The Hall–Kier alpha value is -2.03. The number of nitrogens with two attached hydrogens (primary N) is 2. The van der Waals surface area contributed by atoms with E-state index < -0.39 is 11.9 Å². The molecule has 0 aromatic heterocycles. The molecule has 0 spiro atoms. The Morgan fingerprint density at radius 2 is 2.38 bits per heavy atom. The van der Waals surface area contributed by atoms with Gasteiger partial charge in [-0.05, 0) is 0 Å². The minimum Gasteiger partial charge on any atom is -0.508 e. The second-order valence-corrected chi connectivity index (χ2v) is 2.57. The topological polar surface area (TPSA) is 125 Å². The minimum atomic E-state index is -0.785. The second kappa shape index (κ2) is 3.15. The molecule has 0 aliphatic carbocycles. The Morgan fingerprint density at radius 1 is 1.77 bits per heavy atom. The summed E-state index contributed by atoms with van der Waals surface area (Å²) >= 11 is 0. The highest BCUT2D eigenvalue weighted by Crippen LogP contribution is 2.19. The molecule has 0 unspecified atom stereocenters. The van der Waals surface area contributed by atoms with Gasteiger partial charge in [0.05, 0.1) is 6.42 Å². The van der Waals surface area contributed by atoms with Crippen molar-refractivity contribution in [2.45, 2.75) is 12.5 Å². The maximum absolute atomic E-state index is 10.5. The number of amides is 1. The fraction of sp³-hybridized carbons (Fsp3) is 0.286. The maximum Gasteiger partial charge on any atom is 0.220 e. The van der Waals surface area contributed by atoms with Gasteiger partial charge in [-0.15, -0.1) is 0 Å². The van der Waals surface area contributed by atoms with Crippen LogP contribution in [0.15, 0.2) is 16.3 Å². The lowest BCUT2D eigenvalue weighted by atomic mass is 10.1. The highest BCUT2D eigenvalue weighted by atomic mass is 16.3. The smallest absolute Gasteiger partial charge is 0.220 e. The summed E-state index contributed by atoms with van der Waals surface area (Å²) in [4.78, 5) is 14.2. The first-order chi connectivity index (χ1) is 6.06. The molecule has 0 aromatic carbocycles. The van der Waals surface area contributed by atoms with Crippen LogP contribution in [0.25, 0.3) is 0 Å². The molecule has 1 amide bonds. The molecule has 6 heteroatoms. The summed E-state index contributed by atoms with van der Waals surface area (Å²) in [5.41, 5.74) is 10.1. The first kappa shape index (κ1) is 9.06. The molecule has 1 aliphatic rings. The van der Waals surface area contributed by atoms with Crippen LogP contribution >= 0.6 is 0 Å². The van der Waals surface area contributed by atoms with Crippen LogP contribution < -0.4 is 11.5 Å². The van der Waals surface area contributed by atoms with E-state index in [2.05, 4.69) is 4.99 Å². The first-order valence-electron chi connectivity index (χ1n) is 3.51. The Balaban J connectivity index is 2.91. The number of rotatable bonds is 2. The van der Waals surface area contributed by atoms with Crippen LogP contribution in [0.4, 0.5) is 0 Å². The van der Waals surface area contributed by atoms with Gasteiger partial charge >= 0.3 is 0 Å². The van der Waals surface area contributed by atoms with Gasteiger partial charge < -0.3 is 16.6 Å². The van der Waals surface area contributed by atoms with Gasteiger partial charge in [0.15, 0.2) is 0 Å². The summed E-state index contributed by atoms with van der Waals surface area (Å²) < 4.78 is 0. The van der Waals surface area contributed by atoms with Gasteiger partial charge in [0.25, 0.3) is 0 Å². The van der Waals surface area contributed by atoms with Crippen molar-refractivity contribution in [2.75, 3.05) is 0 Å². The third-order valence-corrected chi connectivity index (χ3v) is 1.63. The van der Waals surface area contributed by atoms with Crippen LogP contribution in [-0.2, 0) is 4.79 Å². The number of primary amides is 1. The molecule has 68 valence electrons. The van der Waals surface area contributed by atoms with Gasteiger partial charge in [0.2, 0.25) is 5.91 Å². The Bertz CT molecular complexity index is 350. The predicted molar refractivity (Wildman–Crippen MR) is 44.5 cm³/mol. The molecule has 5 N–H and O–H groups in total. The number of carbonyl (C=O) groups excluding carboxylic acids is 1. The lowest BCUT2D eigenvalue weighted by Gasteiger charge is -2.02. The summed E-state index contributed by atoms with van der Waals surface area (Å²) in [6.07, 6.45) is -0.141. The van der Waals surface area contributed by atoms with Gasteiger partial charge in [-0.25, -0.2) is 0 Å². The van der Waals surface area contributed by atoms with Crippen molar-refractivity contribution in [2.24, 2.45) is 16.5 Å². The molecule has 1 atom stereocenters. The van der Waals surface area contributed by atoms with Crippen molar-refractivity contribution >= 4 is 11.7 Å². The summed E-state index contributed by atoms with van der Waals surface area (Å²) in [7, 11) is 0. The average Bonchev–Trinajstić information content (AvgIpc) is 2.26. The number of aliphatic hydroxyl groups is 1. The van der Waals surface area contributed by atoms with Gasteiger partial charge in [0, 0.05) is 0 Å². The molecule has 0 bridgehead atoms. The average molecular weight is 180 g/mol. The van der Waals surface area contributed by atoms with Crippen molar-refractivity contribution in [1.29, 1.82) is 5.26 Å². The minimum absolute atomic E-state index is 0.0498. The number of amidine groups is 1. The molecule has 0 saturated heterocycles. The molecule has 0 aromatic rings. The highest BCUT2D eigenvalue weighted by molar-refractivity contribution is 6.03. The SMILES string of the molecule is N#CC1=C(O)[C@@H](CC(N)=O)N=C1N. The summed E-state index contributed by atoms with van der Waals surface area (Å²) in [5, 5.41) is 17.8. The predicted octanol–water partition coefficient (Wildman–Crippen LogP) is -1.06. The van der Waals surface area contributed by atoms with E-state index in [1.54, 1.807) is 6.07 Å². The maximum atomic E-state index is 10.5. The third-order valence-electron chi connectivity index (χ3n) is 1.63. The third kappa shape index (κ3) is 1.59. The van der Waals surface area contributed by atoms with Crippen LogP contribution in [0.5, 0.6) is 0 Å². The van der Waals surface area contributed by atoms with Crippen LogP contribution in [0.3, 0.4) is 0 Å². The first-order valence-corrected chi connectivity index (χ1v) is 3.51. The Labute approximate surface area is 74.2 Å². The molecule has 0 radical (unpaired) electrons. The second-order valence-electron chi connectivity index (χ2n) is 2.57. The lowest BCUT2D eigenvalue weighted by molar-refractivity contribution is -0.118. The normalized spacial score (nSPS) is 21.2. The summed E-state index contributed by atoms with van der Waals surface area (Å²) in [6, 6.07) is 0.903. The zero-order chi connectivity index (χ0) is 10.0. The Morgan fingerprint density at radius 3 is 2.77 bits per heavy atom. The van der Waals surface area contributed by atoms with Crippen LogP contribution in [-0.4, -0.2) is 22.9 Å². The number of nitriles is 1. The van der Waals surface area contributed by atoms with Crippen molar-refractivity contribution in [3.8, 4) is 6.07 Å². The van der Waals surface area contributed by atoms with Crippen LogP contribution in [0.2, 0.25) is 0 Å². The molecule has 1 rings (SSSR count). The number of hydrogen-bond acceptors (Lipinski definition) is 5.